The number of anilines is 1. The van der Waals surface area contributed by atoms with E-state index in [0.29, 0.717) is 40.6 Å². The van der Waals surface area contributed by atoms with Gasteiger partial charge in [-0.1, -0.05) is 35.5 Å². The van der Waals surface area contributed by atoms with Crippen molar-refractivity contribution in [1.82, 2.24) is 30.4 Å². The van der Waals surface area contributed by atoms with E-state index in [1.54, 1.807) is 19.3 Å². The molecule has 0 radical (unpaired) electrons. The maximum absolute atomic E-state index is 13.1. The predicted octanol–water partition coefficient (Wildman–Crippen LogP) is 3.30. The van der Waals surface area contributed by atoms with Crippen LogP contribution in [-0.2, 0) is 6.54 Å². The Labute approximate surface area is 196 Å². The third-order valence-corrected chi connectivity index (χ3v) is 4.64. The van der Waals surface area contributed by atoms with E-state index in [4.69, 9.17) is 9.26 Å². The van der Waals surface area contributed by atoms with E-state index < -0.39 is 5.91 Å². The summed E-state index contributed by atoms with van der Waals surface area (Å²) in [5, 5.41) is 9.78. The Bertz CT molecular complexity index is 1230. The Morgan fingerprint density at radius 3 is 2.45 bits per heavy atom. The zero-order valence-electron chi connectivity index (χ0n) is 18.2. The van der Waals surface area contributed by atoms with E-state index >= 15 is 0 Å². The molecule has 1 aromatic carbocycles. The standard InChI is InChI=1S/C22H21N7O3.ClH/c1-13-18(19(29-32-13)14-7-5-4-6-8-14)21(30)28-20-22(31-3)27-16(11-26-20)15-9-24-17(12-23-2)25-10-15;/h4-11,23H,12H2,1-3H3,(H,26,28,30);1H. The van der Waals surface area contributed by atoms with Crippen LogP contribution < -0.4 is 15.4 Å². The number of rotatable bonds is 7. The first-order valence-electron chi connectivity index (χ1n) is 9.80. The Morgan fingerprint density at radius 2 is 1.79 bits per heavy atom. The number of amides is 1. The molecule has 0 bridgehead atoms. The molecular formula is C22H22ClN7O3. The Balaban J connectivity index is 0.00000306. The summed E-state index contributed by atoms with van der Waals surface area (Å²) in [4.78, 5) is 30.4. The highest BCUT2D eigenvalue weighted by Gasteiger charge is 2.23. The molecule has 33 heavy (non-hydrogen) atoms. The number of benzene rings is 1. The summed E-state index contributed by atoms with van der Waals surface area (Å²) in [6.07, 6.45) is 4.84. The fraction of sp³-hybridized carbons (Fsp3) is 0.182. The van der Waals surface area contributed by atoms with E-state index in [2.05, 4.69) is 35.7 Å². The molecule has 4 rings (SSSR count). The Kier molecular flexibility index (Phi) is 7.65. The number of ether oxygens (including phenoxy) is 1. The Hall–Kier alpha value is -3.89. The first-order chi connectivity index (χ1) is 15.6. The molecule has 0 spiro atoms. The number of nitrogens with one attached hydrogen (secondary N) is 2. The molecule has 0 aliphatic heterocycles. The molecule has 3 aromatic heterocycles. The molecular weight excluding hydrogens is 446 g/mol. The van der Waals surface area contributed by atoms with Crippen molar-refractivity contribution >= 4 is 24.1 Å². The molecule has 0 saturated heterocycles. The zero-order chi connectivity index (χ0) is 22.5. The number of aryl methyl sites for hydroxylation is 1. The summed E-state index contributed by atoms with van der Waals surface area (Å²) < 4.78 is 10.6. The topological polar surface area (TPSA) is 128 Å². The molecule has 0 fully saturated rings. The summed E-state index contributed by atoms with van der Waals surface area (Å²) in [5.41, 5.74) is 2.72. The van der Waals surface area contributed by atoms with Crippen molar-refractivity contribution in [1.29, 1.82) is 0 Å². The monoisotopic (exact) mass is 467 g/mol. The molecule has 0 aliphatic carbocycles. The van der Waals surface area contributed by atoms with Crippen molar-refractivity contribution < 1.29 is 14.1 Å². The molecule has 3 heterocycles. The van der Waals surface area contributed by atoms with E-state index in [-0.39, 0.29) is 24.1 Å². The van der Waals surface area contributed by atoms with Crippen molar-refractivity contribution in [3.63, 3.8) is 0 Å². The van der Waals surface area contributed by atoms with Crippen LogP contribution in [0.25, 0.3) is 22.5 Å². The third-order valence-electron chi connectivity index (χ3n) is 4.64. The van der Waals surface area contributed by atoms with Gasteiger partial charge in [-0.05, 0) is 14.0 Å². The van der Waals surface area contributed by atoms with Crippen LogP contribution in [0.3, 0.4) is 0 Å². The maximum Gasteiger partial charge on any atom is 0.262 e. The smallest absolute Gasteiger partial charge is 0.262 e. The molecule has 1 amide bonds. The summed E-state index contributed by atoms with van der Waals surface area (Å²) in [5.74, 6) is 0.962. The van der Waals surface area contributed by atoms with E-state index in [9.17, 15) is 4.79 Å². The van der Waals surface area contributed by atoms with Crippen molar-refractivity contribution in [3.05, 3.63) is 66.1 Å². The minimum Gasteiger partial charge on any atom is -0.478 e. The molecule has 0 aliphatic rings. The molecule has 0 saturated carbocycles. The number of aromatic nitrogens is 5. The quantitative estimate of drug-likeness (QED) is 0.420. The molecule has 0 unspecified atom stereocenters. The summed E-state index contributed by atoms with van der Waals surface area (Å²) in [6, 6.07) is 9.32. The number of carbonyl (C=O) groups excluding carboxylic acids is 1. The molecule has 0 atom stereocenters. The van der Waals surface area contributed by atoms with Gasteiger partial charge in [-0.3, -0.25) is 4.79 Å². The number of halogens is 1. The SMILES string of the molecule is CNCc1ncc(-c2cnc(NC(=O)c3c(-c4ccccc4)noc3C)c(OC)n2)cn1.Cl. The van der Waals surface area contributed by atoms with Crippen LogP contribution in [0.5, 0.6) is 5.88 Å². The minimum absolute atomic E-state index is 0. The maximum atomic E-state index is 13.1. The Morgan fingerprint density at radius 1 is 1.06 bits per heavy atom. The summed E-state index contributed by atoms with van der Waals surface area (Å²) >= 11 is 0. The fourth-order valence-corrected chi connectivity index (χ4v) is 3.08. The van der Waals surface area contributed by atoms with Gasteiger partial charge in [-0.2, -0.15) is 0 Å². The van der Waals surface area contributed by atoms with Gasteiger partial charge in [0.25, 0.3) is 11.8 Å². The molecule has 10 nitrogen and oxygen atoms in total. The van der Waals surface area contributed by atoms with Gasteiger partial charge < -0.3 is 19.9 Å². The lowest BCUT2D eigenvalue weighted by atomic mass is 10.1. The number of hydrogen-bond acceptors (Lipinski definition) is 9. The van der Waals surface area contributed by atoms with Crippen LogP contribution in [0.1, 0.15) is 21.9 Å². The molecule has 11 heteroatoms. The lowest BCUT2D eigenvalue weighted by Gasteiger charge is -2.10. The van der Waals surface area contributed by atoms with Gasteiger partial charge in [-0.15, -0.1) is 12.4 Å². The lowest BCUT2D eigenvalue weighted by Crippen LogP contribution is -2.16. The number of methoxy groups -OCH3 is 1. The highest BCUT2D eigenvalue weighted by molar-refractivity contribution is 6.08. The van der Waals surface area contributed by atoms with Gasteiger partial charge in [0.1, 0.15) is 22.8 Å². The second kappa shape index (κ2) is 10.6. The zero-order valence-corrected chi connectivity index (χ0v) is 19.0. The molecule has 2 N–H and O–H groups in total. The van der Waals surface area contributed by atoms with Crippen molar-refractivity contribution in [3.8, 4) is 28.4 Å². The van der Waals surface area contributed by atoms with Crippen LogP contribution in [0.15, 0.2) is 53.4 Å². The van der Waals surface area contributed by atoms with Crippen molar-refractivity contribution in [2.45, 2.75) is 13.5 Å². The van der Waals surface area contributed by atoms with E-state index in [1.807, 2.05) is 37.4 Å². The first kappa shape index (κ1) is 23.8. The van der Waals surface area contributed by atoms with Crippen LogP contribution >= 0.6 is 12.4 Å². The minimum atomic E-state index is -0.428. The van der Waals surface area contributed by atoms with Crippen LogP contribution in [0.4, 0.5) is 5.82 Å². The fourth-order valence-electron chi connectivity index (χ4n) is 3.08. The van der Waals surface area contributed by atoms with Gasteiger partial charge in [0, 0.05) is 23.5 Å². The number of carbonyl (C=O) groups is 1. The number of hydrogen-bond donors (Lipinski definition) is 2. The highest BCUT2D eigenvalue weighted by Crippen LogP contribution is 2.28. The van der Waals surface area contributed by atoms with Gasteiger partial charge in [-0.25, -0.2) is 19.9 Å². The largest absolute Gasteiger partial charge is 0.478 e. The van der Waals surface area contributed by atoms with E-state index in [1.165, 1.54) is 13.3 Å². The lowest BCUT2D eigenvalue weighted by molar-refractivity contribution is 0.102. The van der Waals surface area contributed by atoms with Crippen LogP contribution in [0.2, 0.25) is 0 Å². The van der Waals surface area contributed by atoms with Gasteiger partial charge in [0.2, 0.25) is 0 Å². The second-order valence-electron chi connectivity index (χ2n) is 6.81. The van der Waals surface area contributed by atoms with Crippen molar-refractivity contribution in [2.75, 3.05) is 19.5 Å². The average molecular weight is 468 g/mol. The van der Waals surface area contributed by atoms with E-state index in [0.717, 1.165) is 5.56 Å². The highest BCUT2D eigenvalue weighted by atomic mass is 35.5. The first-order valence-corrected chi connectivity index (χ1v) is 9.80. The molecule has 4 aromatic rings. The van der Waals surface area contributed by atoms with Gasteiger partial charge in [0.15, 0.2) is 5.82 Å². The van der Waals surface area contributed by atoms with Crippen LogP contribution in [-0.4, -0.2) is 45.2 Å². The van der Waals surface area contributed by atoms with Crippen LogP contribution in [0, 0.1) is 6.92 Å². The van der Waals surface area contributed by atoms with Gasteiger partial charge >= 0.3 is 0 Å². The summed E-state index contributed by atoms with van der Waals surface area (Å²) in [6.45, 7) is 2.24. The number of nitrogens with zero attached hydrogens (tertiary/aromatic N) is 5. The average Bonchev–Trinajstić information content (AvgIpc) is 3.22. The van der Waals surface area contributed by atoms with Crippen molar-refractivity contribution in [2.24, 2.45) is 0 Å². The third kappa shape index (κ3) is 5.13. The van der Waals surface area contributed by atoms with Gasteiger partial charge in [0.05, 0.1) is 25.5 Å². The normalized spacial score (nSPS) is 10.4. The predicted molar refractivity (Wildman–Crippen MR) is 124 cm³/mol. The molecule has 170 valence electrons. The second-order valence-corrected chi connectivity index (χ2v) is 6.81. The summed E-state index contributed by atoms with van der Waals surface area (Å²) in [7, 11) is 3.28.